The second kappa shape index (κ2) is 18.9. The highest BCUT2D eigenvalue weighted by Crippen LogP contribution is 2.35. The minimum atomic E-state index is -0.726. The second-order valence-corrected chi connectivity index (χ2v) is 19.0. The molecule has 0 radical (unpaired) electrons. The van der Waals surface area contributed by atoms with Crippen molar-refractivity contribution in [3.63, 3.8) is 0 Å². The first kappa shape index (κ1) is 46.5. The third-order valence-corrected chi connectivity index (χ3v) is 14.9. The van der Waals surface area contributed by atoms with Gasteiger partial charge in [-0.1, -0.05) is 18.2 Å². The summed E-state index contributed by atoms with van der Waals surface area (Å²) in [6, 6.07) is 22.6. The highest BCUT2D eigenvalue weighted by Gasteiger charge is 2.32. The number of hydrogen-bond donors (Lipinski definition) is 2. The van der Waals surface area contributed by atoms with Crippen molar-refractivity contribution >= 4 is 51.2 Å². The molecule has 15 nitrogen and oxygen atoms in total. The van der Waals surface area contributed by atoms with E-state index in [1.54, 1.807) is 48.7 Å². The Balaban J connectivity index is 0.731. The van der Waals surface area contributed by atoms with Crippen LogP contribution < -0.4 is 26.8 Å². The van der Waals surface area contributed by atoms with Gasteiger partial charge in [0, 0.05) is 99.7 Å². The molecule has 0 spiro atoms. The second-order valence-electron chi connectivity index (χ2n) is 19.0. The van der Waals surface area contributed by atoms with Gasteiger partial charge in [0.2, 0.25) is 11.8 Å². The topological polar surface area (TPSA) is 152 Å². The van der Waals surface area contributed by atoms with E-state index in [1.807, 2.05) is 66.2 Å². The molecule has 3 aliphatic rings. The summed E-state index contributed by atoms with van der Waals surface area (Å²) in [5.41, 5.74) is 7.02. The Hall–Kier alpha value is -7.24. The maximum absolute atomic E-state index is 15.9. The zero-order valence-electron chi connectivity index (χ0n) is 39.8. The summed E-state index contributed by atoms with van der Waals surface area (Å²) in [7, 11) is 7.03. The average molecular weight is 951 g/mol. The van der Waals surface area contributed by atoms with Crippen LogP contribution in [0.1, 0.15) is 89.1 Å². The number of nitrogens with one attached hydrogen (secondary N) is 2. The zero-order chi connectivity index (χ0) is 49.0. The molecule has 17 heteroatoms. The molecule has 70 heavy (non-hydrogen) atoms. The van der Waals surface area contributed by atoms with Gasteiger partial charge >= 0.3 is 5.69 Å². The van der Waals surface area contributed by atoms with Gasteiger partial charge in [-0.25, -0.2) is 18.6 Å². The van der Waals surface area contributed by atoms with Crippen molar-refractivity contribution in [1.82, 2.24) is 38.4 Å². The molecule has 1 unspecified atom stereocenters. The van der Waals surface area contributed by atoms with Gasteiger partial charge in [0.05, 0.1) is 16.7 Å². The molecule has 3 fully saturated rings. The number of carbonyl (C=O) groups excluding carboxylic acids is 3. The van der Waals surface area contributed by atoms with Crippen molar-refractivity contribution < 1.29 is 23.2 Å². The maximum atomic E-state index is 15.9. The van der Waals surface area contributed by atoms with E-state index in [1.165, 1.54) is 21.6 Å². The fourth-order valence-corrected chi connectivity index (χ4v) is 10.9. The molecule has 4 aromatic heterocycles. The molecule has 3 saturated heterocycles. The molecule has 0 bridgehead atoms. The van der Waals surface area contributed by atoms with E-state index in [0.29, 0.717) is 56.1 Å². The van der Waals surface area contributed by atoms with Gasteiger partial charge in [-0.3, -0.25) is 48.0 Å². The van der Waals surface area contributed by atoms with E-state index >= 15 is 8.78 Å². The Morgan fingerprint density at radius 2 is 1.47 bits per heavy atom. The summed E-state index contributed by atoms with van der Waals surface area (Å²) < 4.78 is 38.4. The molecule has 362 valence electrons. The number of imide groups is 1. The molecule has 0 saturated carbocycles. The van der Waals surface area contributed by atoms with E-state index in [9.17, 15) is 24.0 Å². The third kappa shape index (κ3) is 8.72. The van der Waals surface area contributed by atoms with Gasteiger partial charge in [-0.2, -0.15) is 0 Å². The molecular formula is C53H56F2N10O5. The summed E-state index contributed by atoms with van der Waals surface area (Å²) in [5.74, 6) is -2.71. The standard InChI is InChI=1S/C53H56F2N10O5/c1-56-37-18-24-64(48(67)28-37)43-13-19-57-50-40(43)29-39(59(50)2)31-63-22-16-35(17-23-63)49-41(54)26-36(27-42(49)55)52(69)60(3)38-8-6-33(7-9-38)34-14-20-62(21-15-34)30-32-5-10-44-46(25-32)61(4)53(70)65(44)45-11-12-47(66)58-51(45)68/h5-10,13,18-19,24-29,34-35,45,56H,11-12,14-17,20-23,30-31H2,1-4H3,(H,58,66,68). The number of piperidine rings is 3. The lowest BCUT2D eigenvalue weighted by Crippen LogP contribution is -2.44. The van der Waals surface area contributed by atoms with Crippen LogP contribution in [0.4, 0.5) is 20.2 Å². The first-order valence-corrected chi connectivity index (χ1v) is 24.0. The summed E-state index contributed by atoms with van der Waals surface area (Å²) in [6.45, 7) is 4.31. The third-order valence-electron chi connectivity index (χ3n) is 14.9. The largest absolute Gasteiger partial charge is 0.388 e. The molecule has 0 aliphatic carbocycles. The smallest absolute Gasteiger partial charge is 0.329 e. The number of anilines is 2. The van der Waals surface area contributed by atoms with Crippen LogP contribution in [-0.2, 0) is 36.8 Å². The van der Waals surface area contributed by atoms with Crippen LogP contribution >= 0.6 is 0 Å². The number of hydrogen-bond acceptors (Lipinski definition) is 9. The van der Waals surface area contributed by atoms with Crippen LogP contribution in [0.25, 0.3) is 27.8 Å². The molecule has 1 atom stereocenters. The van der Waals surface area contributed by atoms with Crippen LogP contribution in [0.15, 0.2) is 101 Å². The molecule has 3 amide bonds. The van der Waals surface area contributed by atoms with Gasteiger partial charge in [0.1, 0.15) is 23.3 Å². The minimum absolute atomic E-state index is 0.0252. The Labute approximate surface area is 402 Å². The van der Waals surface area contributed by atoms with Gasteiger partial charge in [-0.15, -0.1) is 0 Å². The van der Waals surface area contributed by atoms with Gasteiger partial charge in [0.25, 0.3) is 11.5 Å². The minimum Gasteiger partial charge on any atom is -0.388 e. The fourth-order valence-electron chi connectivity index (χ4n) is 10.9. The van der Waals surface area contributed by atoms with Crippen LogP contribution in [-0.4, -0.2) is 91.0 Å². The number of likely N-dealkylation sites (tertiary alicyclic amines) is 2. The zero-order valence-corrected chi connectivity index (χ0v) is 39.8. The number of aromatic nitrogens is 5. The van der Waals surface area contributed by atoms with Crippen molar-refractivity contribution in [2.75, 3.05) is 50.5 Å². The number of fused-ring (bicyclic) bond motifs is 2. The lowest BCUT2D eigenvalue weighted by molar-refractivity contribution is -0.135. The lowest BCUT2D eigenvalue weighted by atomic mass is 9.88. The first-order valence-electron chi connectivity index (χ1n) is 24.0. The highest BCUT2D eigenvalue weighted by molar-refractivity contribution is 6.06. The number of carbonyl (C=O) groups is 3. The number of pyridine rings is 2. The summed E-state index contributed by atoms with van der Waals surface area (Å²) in [6.07, 6.45) is 6.90. The van der Waals surface area contributed by atoms with E-state index in [4.69, 9.17) is 0 Å². The highest BCUT2D eigenvalue weighted by atomic mass is 19.1. The van der Waals surface area contributed by atoms with Gasteiger partial charge in [0.15, 0.2) is 0 Å². The summed E-state index contributed by atoms with van der Waals surface area (Å²) in [5, 5.41) is 6.21. The molecule has 7 aromatic rings. The molecule has 3 aromatic carbocycles. The summed E-state index contributed by atoms with van der Waals surface area (Å²) >= 11 is 0. The molecule has 7 heterocycles. The van der Waals surface area contributed by atoms with Crippen molar-refractivity contribution in [3.8, 4) is 5.69 Å². The van der Waals surface area contributed by atoms with E-state index in [0.717, 1.165) is 70.7 Å². The van der Waals surface area contributed by atoms with Crippen LogP contribution in [0.2, 0.25) is 0 Å². The van der Waals surface area contributed by atoms with Gasteiger partial charge in [-0.05, 0) is 136 Å². The van der Waals surface area contributed by atoms with Crippen LogP contribution in [0.5, 0.6) is 0 Å². The van der Waals surface area contributed by atoms with Gasteiger partial charge < -0.3 is 14.8 Å². The first-order chi connectivity index (χ1) is 33.8. The Morgan fingerprint density at radius 3 is 2.14 bits per heavy atom. The van der Waals surface area contributed by atoms with Crippen LogP contribution in [0.3, 0.4) is 0 Å². The van der Waals surface area contributed by atoms with E-state index < -0.39 is 29.5 Å². The lowest BCUT2D eigenvalue weighted by Gasteiger charge is -2.32. The summed E-state index contributed by atoms with van der Waals surface area (Å²) in [4.78, 5) is 74.9. The van der Waals surface area contributed by atoms with Crippen molar-refractivity contribution in [2.24, 2.45) is 14.1 Å². The Morgan fingerprint density at radius 1 is 0.786 bits per heavy atom. The molecule has 2 N–H and O–H groups in total. The normalized spacial score (nSPS) is 17.7. The number of rotatable bonds is 11. The quantitative estimate of drug-likeness (QED) is 0.135. The Kier molecular flexibility index (Phi) is 12.6. The number of imidazole rings is 1. The predicted molar refractivity (Wildman–Crippen MR) is 264 cm³/mol. The number of benzene rings is 3. The number of halogens is 2. The SMILES string of the molecule is CNc1ccn(-c2ccnc3c2cc(CN2CCC(c4c(F)cc(C(=O)N(C)c5ccc(C6CCN(Cc7ccc8c(c7)n(C)c(=O)n8C7CCC(=O)NC7=O)CC6)cc5)cc4F)CC2)n3C)c(=O)c1. The van der Waals surface area contributed by atoms with E-state index in [2.05, 4.69) is 31.5 Å². The fraction of sp³-hybridized carbons (Fsp3) is 0.358. The number of aryl methyl sites for hydroxylation is 2. The van der Waals surface area contributed by atoms with E-state index in [-0.39, 0.29) is 47.0 Å². The molecule has 10 rings (SSSR count). The predicted octanol–water partition coefficient (Wildman–Crippen LogP) is 6.71. The maximum Gasteiger partial charge on any atom is 0.329 e. The average Bonchev–Trinajstić information content (AvgIpc) is 3.81. The van der Waals surface area contributed by atoms with Crippen molar-refractivity contribution in [3.05, 3.63) is 152 Å². The molecule has 3 aliphatic heterocycles. The van der Waals surface area contributed by atoms with Crippen molar-refractivity contribution in [1.29, 1.82) is 0 Å². The van der Waals surface area contributed by atoms with Crippen molar-refractivity contribution in [2.45, 2.75) is 69.5 Å². The Bertz CT molecular complexity index is 3280. The van der Waals surface area contributed by atoms with Crippen LogP contribution in [0, 0.1) is 11.6 Å². The molecular weight excluding hydrogens is 895 g/mol. The number of amides is 3. The monoisotopic (exact) mass is 950 g/mol. The number of nitrogens with zero attached hydrogens (tertiary/aromatic N) is 8.